The molecule has 2 atom stereocenters. The molecular weight excluding hydrogens is 296 g/mol. The van der Waals surface area contributed by atoms with Gasteiger partial charge in [-0.05, 0) is 30.7 Å². The van der Waals surface area contributed by atoms with E-state index in [-0.39, 0.29) is 30.3 Å². The smallest absolute Gasteiger partial charge is 0.227 e. The number of benzene rings is 1. The van der Waals surface area contributed by atoms with Gasteiger partial charge in [-0.15, -0.1) is 12.4 Å². The molecule has 0 saturated heterocycles. The van der Waals surface area contributed by atoms with Crippen LogP contribution >= 0.6 is 12.4 Å². The van der Waals surface area contributed by atoms with Crippen LogP contribution in [0, 0.1) is 11.8 Å². The largest absolute Gasteiger partial charge is 0.339 e. The standard InChI is InChI=1S/C18H28N2O.ClH/c1-13(2)11-12-20(16-9-10-16)18(21)14(3)17(19)15-7-5-4-6-8-15;/h4-8,13-14,16-17H,9-12,19H2,1-3H3;1H. The summed E-state index contributed by atoms with van der Waals surface area (Å²) in [6.45, 7) is 7.24. The van der Waals surface area contributed by atoms with E-state index in [0.29, 0.717) is 12.0 Å². The molecule has 2 unspecified atom stereocenters. The van der Waals surface area contributed by atoms with Crippen LogP contribution in [0.25, 0.3) is 0 Å². The zero-order valence-electron chi connectivity index (χ0n) is 13.9. The molecule has 4 heteroatoms. The van der Waals surface area contributed by atoms with Crippen molar-refractivity contribution in [2.45, 2.75) is 52.1 Å². The number of hydrogen-bond acceptors (Lipinski definition) is 2. The highest BCUT2D eigenvalue weighted by Crippen LogP contribution is 2.31. The Labute approximate surface area is 140 Å². The first-order valence-corrected chi connectivity index (χ1v) is 8.11. The summed E-state index contributed by atoms with van der Waals surface area (Å²) in [5.74, 6) is 0.673. The number of amides is 1. The highest BCUT2D eigenvalue weighted by Gasteiger charge is 2.36. The van der Waals surface area contributed by atoms with Gasteiger partial charge >= 0.3 is 0 Å². The van der Waals surface area contributed by atoms with Gasteiger partial charge in [-0.1, -0.05) is 51.1 Å². The predicted octanol–water partition coefficient (Wildman–Crippen LogP) is 3.78. The van der Waals surface area contributed by atoms with Crippen molar-refractivity contribution >= 4 is 18.3 Å². The molecule has 124 valence electrons. The molecule has 22 heavy (non-hydrogen) atoms. The summed E-state index contributed by atoms with van der Waals surface area (Å²) in [6.07, 6.45) is 3.36. The van der Waals surface area contributed by atoms with Crippen molar-refractivity contribution in [1.82, 2.24) is 4.90 Å². The van der Waals surface area contributed by atoms with Gasteiger partial charge in [0, 0.05) is 18.6 Å². The summed E-state index contributed by atoms with van der Waals surface area (Å²) in [4.78, 5) is 14.9. The minimum absolute atomic E-state index is 0. The highest BCUT2D eigenvalue weighted by atomic mass is 35.5. The molecule has 1 amide bonds. The lowest BCUT2D eigenvalue weighted by atomic mass is 9.94. The average molecular weight is 325 g/mol. The van der Waals surface area contributed by atoms with E-state index < -0.39 is 0 Å². The Morgan fingerprint density at radius 3 is 2.32 bits per heavy atom. The molecule has 0 radical (unpaired) electrons. The number of hydrogen-bond donors (Lipinski definition) is 1. The lowest BCUT2D eigenvalue weighted by Crippen LogP contribution is -2.41. The zero-order valence-corrected chi connectivity index (χ0v) is 14.7. The third-order valence-electron chi connectivity index (χ3n) is 4.33. The monoisotopic (exact) mass is 324 g/mol. The molecule has 3 nitrogen and oxygen atoms in total. The molecule has 0 aromatic heterocycles. The molecule has 1 fully saturated rings. The third-order valence-corrected chi connectivity index (χ3v) is 4.33. The molecule has 1 aliphatic carbocycles. The Hall–Kier alpha value is -1.06. The first-order valence-electron chi connectivity index (χ1n) is 8.11. The predicted molar refractivity (Wildman–Crippen MR) is 94.0 cm³/mol. The Bertz CT molecular complexity index is 459. The van der Waals surface area contributed by atoms with Crippen LogP contribution in [0.5, 0.6) is 0 Å². The zero-order chi connectivity index (χ0) is 15.4. The average Bonchev–Trinajstić information content (AvgIpc) is 3.31. The van der Waals surface area contributed by atoms with Gasteiger partial charge in [0.15, 0.2) is 0 Å². The van der Waals surface area contributed by atoms with E-state index in [1.54, 1.807) is 0 Å². The van der Waals surface area contributed by atoms with Gasteiger partial charge in [0.05, 0.1) is 5.92 Å². The molecular formula is C18H29ClN2O. The van der Waals surface area contributed by atoms with Crippen LogP contribution < -0.4 is 5.73 Å². The topological polar surface area (TPSA) is 46.3 Å². The first-order chi connectivity index (χ1) is 10.0. The van der Waals surface area contributed by atoms with E-state index in [1.165, 1.54) is 0 Å². The van der Waals surface area contributed by atoms with E-state index >= 15 is 0 Å². The van der Waals surface area contributed by atoms with Gasteiger partial charge in [-0.3, -0.25) is 4.79 Å². The summed E-state index contributed by atoms with van der Waals surface area (Å²) < 4.78 is 0. The van der Waals surface area contributed by atoms with Crippen LogP contribution in [0.3, 0.4) is 0 Å². The maximum Gasteiger partial charge on any atom is 0.227 e. The van der Waals surface area contributed by atoms with Gasteiger partial charge in [-0.2, -0.15) is 0 Å². The maximum atomic E-state index is 12.8. The van der Waals surface area contributed by atoms with Crippen molar-refractivity contribution in [2.24, 2.45) is 17.6 Å². The van der Waals surface area contributed by atoms with Crippen molar-refractivity contribution in [3.05, 3.63) is 35.9 Å². The Kier molecular flexibility index (Phi) is 7.37. The second kappa shape index (κ2) is 8.54. The van der Waals surface area contributed by atoms with Gasteiger partial charge in [0.2, 0.25) is 5.91 Å². The Morgan fingerprint density at radius 1 is 1.23 bits per heavy atom. The highest BCUT2D eigenvalue weighted by molar-refractivity contribution is 5.85. The molecule has 0 bridgehead atoms. The third kappa shape index (κ3) is 4.99. The van der Waals surface area contributed by atoms with Crippen LogP contribution in [-0.4, -0.2) is 23.4 Å². The molecule has 1 aliphatic rings. The minimum atomic E-state index is -0.223. The van der Waals surface area contributed by atoms with Gasteiger partial charge in [0.1, 0.15) is 0 Å². The Balaban J connectivity index is 0.00000242. The molecule has 2 N–H and O–H groups in total. The normalized spacial score (nSPS) is 16.8. The SMILES string of the molecule is CC(C)CCN(C(=O)C(C)C(N)c1ccccc1)C1CC1.Cl. The minimum Gasteiger partial charge on any atom is -0.339 e. The van der Waals surface area contributed by atoms with Crippen LogP contribution in [0.15, 0.2) is 30.3 Å². The van der Waals surface area contributed by atoms with Crippen LogP contribution in [0.2, 0.25) is 0 Å². The molecule has 1 aromatic rings. The van der Waals surface area contributed by atoms with Gasteiger partial charge < -0.3 is 10.6 Å². The van der Waals surface area contributed by atoms with E-state index in [4.69, 9.17) is 5.73 Å². The molecule has 0 spiro atoms. The molecule has 0 heterocycles. The lowest BCUT2D eigenvalue weighted by Gasteiger charge is -2.29. The van der Waals surface area contributed by atoms with Crippen LogP contribution in [0.4, 0.5) is 0 Å². The molecule has 1 saturated carbocycles. The van der Waals surface area contributed by atoms with Crippen LogP contribution in [-0.2, 0) is 4.79 Å². The van der Waals surface area contributed by atoms with Gasteiger partial charge in [-0.25, -0.2) is 0 Å². The summed E-state index contributed by atoms with van der Waals surface area (Å²) in [5.41, 5.74) is 7.35. The number of nitrogens with zero attached hydrogens (tertiary/aromatic N) is 1. The number of halogens is 1. The number of carbonyl (C=O) groups is 1. The fourth-order valence-electron chi connectivity index (χ4n) is 2.64. The first kappa shape index (κ1) is 19.0. The van der Waals surface area contributed by atoms with Gasteiger partial charge in [0.25, 0.3) is 0 Å². The van der Waals surface area contributed by atoms with Crippen molar-refractivity contribution < 1.29 is 4.79 Å². The number of carbonyl (C=O) groups excluding carboxylic acids is 1. The van der Waals surface area contributed by atoms with E-state index in [0.717, 1.165) is 31.4 Å². The number of rotatable bonds is 7. The molecule has 0 aliphatic heterocycles. The summed E-state index contributed by atoms with van der Waals surface area (Å²) >= 11 is 0. The van der Waals surface area contributed by atoms with E-state index in [1.807, 2.05) is 37.3 Å². The maximum absolute atomic E-state index is 12.8. The fraction of sp³-hybridized carbons (Fsp3) is 0.611. The van der Waals surface area contributed by atoms with E-state index in [9.17, 15) is 4.79 Å². The number of nitrogens with two attached hydrogens (primary N) is 1. The Morgan fingerprint density at radius 2 is 1.82 bits per heavy atom. The van der Waals surface area contributed by atoms with Crippen molar-refractivity contribution in [2.75, 3.05) is 6.54 Å². The summed E-state index contributed by atoms with van der Waals surface area (Å²) in [5, 5.41) is 0. The second-order valence-electron chi connectivity index (χ2n) is 6.67. The van der Waals surface area contributed by atoms with Crippen LogP contribution in [0.1, 0.15) is 51.6 Å². The second-order valence-corrected chi connectivity index (χ2v) is 6.67. The quantitative estimate of drug-likeness (QED) is 0.829. The summed E-state index contributed by atoms with van der Waals surface area (Å²) in [7, 11) is 0. The molecule has 2 rings (SSSR count). The van der Waals surface area contributed by atoms with Crippen molar-refractivity contribution in [3.8, 4) is 0 Å². The van der Waals surface area contributed by atoms with E-state index in [2.05, 4.69) is 18.7 Å². The summed E-state index contributed by atoms with van der Waals surface area (Å²) in [6, 6.07) is 10.2. The van der Waals surface area contributed by atoms with Crippen molar-refractivity contribution in [3.63, 3.8) is 0 Å². The fourth-order valence-corrected chi connectivity index (χ4v) is 2.64. The lowest BCUT2D eigenvalue weighted by molar-refractivity contribution is -0.136. The molecule has 1 aromatic carbocycles. The van der Waals surface area contributed by atoms with Crippen molar-refractivity contribution in [1.29, 1.82) is 0 Å².